The van der Waals surface area contributed by atoms with Crippen LogP contribution in [0, 0.1) is 23.7 Å². The molecular formula is C15H26N2O3. The Morgan fingerprint density at radius 2 is 1.75 bits per heavy atom. The molecule has 1 saturated heterocycles. The third kappa shape index (κ3) is 3.44. The molecular weight excluding hydrogens is 256 g/mol. The van der Waals surface area contributed by atoms with Gasteiger partial charge in [-0.25, -0.2) is 4.79 Å². The van der Waals surface area contributed by atoms with Gasteiger partial charge in [0.2, 0.25) is 0 Å². The van der Waals surface area contributed by atoms with E-state index in [1.54, 1.807) is 0 Å². The quantitative estimate of drug-likeness (QED) is 0.833. The molecule has 5 heteroatoms. The molecule has 20 heavy (non-hydrogen) atoms. The van der Waals surface area contributed by atoms with Crippen LogP contribution in [-0.4, -0.2) is 41.6 Å². The van der Waals surface area contributed by atoms with Gasteiger partial charge in [-0.05, 0) is 30.6 Å². The van der Waals surface area contributed by atoms with Crippen molar-refractivity contribution < 1.29 is 14.7 Å². The van der Waals surface area contributed by atoms with Crippen molar-refractivity contribution >= 4 is 12.0 Å². The van der Waals surface area contributed by atoms with Crippen LogP contribution in [0.5, 0.6) is 0 Å². The summed E-state index contributed by atoms with van der Waals surface area (Å²) in [7, 11) is 0. The highest BCUT2D eigenvalue weighted by molar-refractivity contribution is 5.75. The lowest BCUT2D eigenvalue weighted by molar-refractivity contribution is -0.144. The molecule has 4 unspecified atom stereocenters. The first-order valence-electron chi connectivity index (χ1n) is 7.74. The molecule has 2 N–H and O–H groups in total. The number of likely N-dealkylation sites (tertiary alicyclic amines) is 1. The molecule has 0 aromatic rings. The number of carbonyl (C=O) groups is 2. The second-order valence-electron chi connectivity index (χ2n) is 6.53. The van der Waals surface area contributed by atoms with Crippen LogP contribution in [0.25, 0.3) is 0 Å². The molecule has 1 aliphatic heterocycles. The summed E-state index contributed by atoms with van der Waals surface area (Å²) in [5.41, 5.74) is 0. The van der Waals surface area contributed by atoms with E-state index in [0.717, 1.165) is 38.8 Å². The molecule has 0 aromatic heterocycles. The van der Waals surface area contributed by atoms with Crippen molar-refractivity contribution in [3.63, 3.8) is 0 Å². The van der Waals surface area contributed by atoms with Crippen LogP contribution in [0.4, 0.5) is 4.79 Å². The Kier molecular flexibility index (Phi) is 4.89. The summed E-state index contributed by atoms with van der Waals surface area (Å²) in [6.45, 7) is 6.44. The normalized spacial score (nSPS) is 34.0. The number of nitrogens with one attached hydrogen (secondary N) is 1. The van der Waals surface area contributed by atoms with Gasteiger partial charge < -0.3 is 15.3 Å². The average molecular weight is 282 g/mol. The maximum atomic E-state index is 12.1. The SMILES string of the molecule is CC1CN(C(=O)NCC2CCCCC2C(=O)O)CC1C. The van der Waals surface area contributed by atoms with Crippen molar-refractivity contribution in [2.24, 2.45) is 23.7 Å². The Morgan fingerprint density at radius 3 is 2.35 bits per heavy atom. The molecule has 4 atom stereocenters. The standard InChI is InChI=1S/C15H26N2O3/c1-10-8-17(9-11(10)2)15(20)16-7-12-5-3-4-6-13(12)14(18)19/h10-13H,3-9H2,1-2H3,(H,16,20)(H,18,19). The summed E-state index contributed by atoms with van der Waals surface area (Å²) in [5.74, 6) is 0.167. The number of nitrogens with zero attached hydrogens (tertiary/aromatic N) is 1. The molecule has 5 nitrogen and oxygen atoms in total. The molecule has 2 rings (SSSR count). The van der Waals surface area contributed by atoms with Crippen molar-refractivity contribution in [2.75, 3.05) is 19.6 Å². The van der Waals surface area contributed by atoms with Gasteiger partial charge in [0, 0.05) is 19.6 Å². The van der Waals surface area contributed by atoms with Crippen LogP contribution in [0.2, 0.25) is 0 Å². The van der Waals surface area contributed by atoms with Crippen molar-refractivity contribution in [3.8, 4) is 0 Å². The van der Waals surface area contributed by atoms with Gasteiger partial charge in [-0.3, -0.25) is 4.79 Å². The molecule has 0 radical (unpaired) electrons. The summed E-state index contributed by atoms with van der Waals surface area (Å²) in [6.07, 6.45) is 3.71. The molecule has 1 heterocycles. The second kappa shape index (κ2) is 6.46. The van der Waals surface area contributed by atoms with Crippen LogP contribution in [-0.2, 0) is 4.79 Å². The summed E-state index contributed by atoms with van der Waals surface area (Å²) in [6, 6.07) is -0.0316. The lowest BCUT2D eigenvalue weighted by Crippen LogP contribution is -2.43. The van der Waals surface area contributed by atoms with Crippen molar-refractivity contribution in [2.45, 2.75) is 39.5 Å². The minimum Gasteiger partial charge on any atom is -0.481 e. The van der Waals surface area contributed by atoms with Gasteiger partial charge in [0.25, 0.3) is 0 Å². The number of carbonyl (C=O) groups excluding carboxylic acids is 1. The van der Waals surface area contributed by atoms with Crippen LogP contribution in [0.3, 0.4) is 0 Å². The van der Waals surface area contributed by atoms with Gasteiger partial charge in [-0.15, -0.1) is 0 Å². The minimum atomic E-state index is -0.715. The number of carboxylic acid groups (broad SMARTS) is 1. The van der Waals surface area contributed by atoms with Gasteiger partial charge in [-0.1, -0.05) is 26.7 Å². The Morgan fingerprint density at radius 1 is 1.15 bits per heavy atom. The van der Waals surface area contributed by atoms with Crippen molar-refractivity contribution in [3.05, 3.63) is 0 Å². The number of carboxylic acids is 1. The Balaban J connectivity index is 1.82. The highest BCUT2D eigenvalue weighted by Crippen LogP contribution is 2.30. The third-order valence-corrected chi connectivity index (χ3v) is 5.02. The first-order chi connectivity index (χ1) is 9.49. The Labute approximate surface area is 120 Å². The van der Waals surface area contributed by atoms with Crippen LogP contribution >= 0.6 is 0 Å². The topological polar surface area (TPSA) is 69.6 Å². The third-order valence-electron chi connectivity index (χ3n) is 5.02. The predicted octanol–water partition coefficient (Wildman–Crippen LogP) is 2.17. The van der Waals surface area contributed by atoms with Gasteiger partial charge in [0.15, 0.2) is 0 Å². The smallest absolute Gasteiger partial charge is 0.317 e. The lowest BCUT2D eigenvalue weighted by Gasteiger charge is -2.29. The van der Waals surface area contributed by atoms with Gasteiger partial charge >= 0.3 is 12.0 Å². The summed E-state index contributed by atoms with van der Waals surface area (Å²) in [4.78, 5) is 25.2. The van der Waals surface area contributed by atoms with Crippen LogP contribution < -0.4 is 5.32 Å². The summed E-state index contributed by atoms with van der Waals surface area (Å²) >= 11 is 0. The summed E-state index contributed by atoms with van der Waals surface area (Å²) in [5, 5.41) is 12.2. The predicted molar refractivity (Wildman–Crippen MR) is 76.4 cm³/mol. The zero-order valence-corrected chi connectivity index (χ0v) is 12.5. The van der Waals surface area contributed by atoms with E-state index in [-0.39, 0.29) is 17.9 Å². The molecule has 1 aliphatic carbocycles. The van der Waals surface area contributed by atoms with E-state index in [9.17, 15) is 14.7 Å². The molecule has 1 saturated carbocycles. The van der Waals surface area contributed by atoms with E-state index in [4.69, 9.17) is 0 Å². The average Bonchev–Trinajstić information content (AvgIpc) is 2.76. The van der Waals surface area contributed by atoms with E-state index >= 15 is 0 Å². The molecule has 0 aromatic carbocycles. The number of hydrogen-bond acceptors (Lipinski definition) is 2. The van der Waals surface area contributed by atoms with Gasteiger partial charge in [0.05, 0.1) is 5.92 Å². The van der Waals surface area contributed by atoms with Crippen molar-refractivity contribution in [1.29, 1.82) is 0 Å². The van der Waals surface area contributed by atoms with E-state index in [1.807, 2.05) is 4.90 Å². The Bertz CT molecular complexity index is 362. The minimum absolute atomic E-state index is 0.0316. The number of rotatable bonds is 3. The van der Waals surface area contributed by atoms with E-state index in [2.05, 4.69) is 19.2 Å². The fourth-order valence-electron chi connectivity index (χ4n) is 3.40. The molecule has 2 amide bonds. The van der Waals surface area contributed by atoms with Crippen molar-refractivity contribution in [1.82, 2.24) is 10.2 Å². The zero-order chi connectivity index (χ0) is 14.7. The summed E-state index contributed by atoms with van der Waals surface area (Å²) < 4.78 is 0. The number of urea groups is 1. The largest absolute Gasteiger partial charge is 0.481 e. The monoisotopic (exact) mass is 282 g/mol. The second-order valence-corrected chi connectivity index (χ2v) is 6.53. The van der Waals surface area contributed by atoms with E-state index in [1.165, 1.54) is 0 Å². The molecule has 0 spiro atoms. The highest BCUT2D eigenvalue weighted by Gasteiger charge is 2.33. The van der Waals surface area contributed by atoms with Crippen LogP contribution in [0.1, 0.15) is 39.5 Å². The van der Waals surface area contributed by atoms with Crippen LogP contribution in [0.15, 0.2) is 0 Å². The molecule has 2 aliphatic rings. The van der Waals surface area contributed by atoms with E-state index in [0.29, 0.717) is 18.4 Å². The number of amides is 2. The molecule has 114 valence electrons. The number of aliphatic carboxylic acids is 1. The Hall–Kier alpha value is -1.26. The lowest BCUT2D eigenvalue weighted by atomic mass is 9.79. The van der Waals surface area contributed by atoms with Gasteiger partial charge in [-0.2, -0.15) is 0 Å². The fourth-order valence-corrected chi connectivity index (χ4v) is 3.40. The molecule has 0 bridgehead atoms. The zero-order valence-electron chi connectivity index (χ0n) is 12.5. The maximum absolute atomic E-state index is 12.1. The first kappa shape index (κ1) is 15.1. The highest BCUT2D eigenvalue weighted by atomic mass is 16.4. The first-order valence-corrected chi connectivity index (χ1v) is 7.74. The fraction of sp³-hybridized carbons (Fsp3) is 0.867. The molecule has 2 fully saturated rings. The maximum Gasteiger partial charge on any atom is 0.317 e. The van der Waals surface area contributed by atoms with E-state index < -0.39 is 5.97 Å². The van der Waals surface area contributed by atoms with Gasteiger partial charge in [0.1, 0.15) is 0 Å². The number of hydrogen-bond donors (Lipinski definition) is 2.